The first-order chi connectivity index (χ1) is 10.6. The number of fused-ring (bicyclic) bond motifs is 3. The second-order valence-corrected chi connectivity index (χ2v) is 6.36. The quantitative estimate of drug-likeness (QED) is 0.751. The molecule has 4 heterocycles. The van der Waals surface area contributed by atoms with Crippen LogP contribution in [0.4, 0.5) is 5.82 Å². The van der Waals surface area contributed by atoms with Gasteiger partial charge in [-0.05, 0) is 30.0 Å². The van der Waals surface area contributed by atoms with Gasteiger partial charge in [0.05, 0.1) is 5.56 Å². The molecule has 1 N–H and O–H groups in total. The molecule has 22 heavy (non-hydrogen) atoms. The van der Waals surface area contributed by atoms with Crippen LogP contribution in [0.2, 0.25) is 0 Å². The maximum atomic E-state index is 12.6. The van der Waals surface area contributed by atoms with E-state index in [-0.39, 0.29) is 23.8 Å². The van der Waals surface area contributed by atoms with Gasteiger partial charge in [-0.3, -0.25) is 14.0 Å². The molecule has 0 spiro atoms. The van der Waals surface area contributed by atoms with Gasteiger partial charge in [-0.15, -0.1) is 11.3 Å². The van der Waals surface area contributed by atoms with Crippen LogP contribution in [0, 0.1) is 6.92 Å². The zero-order chi connectivity index (χ0) is 15.3. The van der Waals surface area contributed by atoms with E-state index in [1.54, 1.807) is 15.7 Å². The van der Waals surface area contributed by atoms with Crippen LogP contribution in [0.5, 0.6) is 0 Å². The highest BCUT2D eigenvalue weighted by atomic mass is 32.1. The molecule has 0 saturated heterocycles. The second-order valence-electron chi connectivity index (χ2n) is 5.38. The Morgan fingerprint density at radius 1 is 1.32 bits per heavy atom. The molecule has 6 heteroatoms. The Labute approximate surface area is 130 Å². The summed E-state index contributed by atoms with van der Waals surface area (Å²) in [6.45, 7) is 1.90. The number of nitrogens with zero attached hydrogens (tertiary/aromatic N) is 2. The molecule has 3 aromatic rings. The first kappa shape index (κ1) is 13.2. The molecule has 110 valence electrons. The Morgan fingerprint density at radius 2 is 2.18 bits per heavy atom. The Hall–Kier alpha value is -2.47. The molecule has 1 unspecified atom stereocenters. The van der Waals surface area contributed by atoms with E-state index in [9.17, 15) is 9.59 Å². The Bertz CT molecular complexity index is 944. The lowest BCUT2D eigenvalue weighted by Crippen LogP contribution is -2.32. The average Bonchev–Trinajstić information content (AvgIpc) is 3.02. The van der Waals surface area contributed by atoms with Crippen LogP contribution in [0.1, 0.15) is 28.3 Å². The van der Waals surface area contributed by atoms with Crippen molar-refractivity contribution in [2.75, 3.05) is 5.32 Å². The number of aryl methyl sites for hydroxylation is 1. The number of nitrogens with one attached hydrogen (secondary N) is 1. The van der Waals surface area contributed by atoms with Gasteiger partial charge in [0.25, 0.3) is 5.56 Å². The van der Waals surface area contributed by atoms with Crippen LogP contribution in [0.25, 0.3) is 5.65 Å². The number of anilines is 1. The standard InChI is InChI=1S/C16H13N3O2S/c1-9-4-2-6-19-14(9)18-16(21)13-10(11-5-3-7-22-11)8-12(20)17-15(13)19/h2-7,10H,8H2,1H3,(H,17,20). The van der Waals surface area contributed by atoms with E-state index in [1.807, 2.05) is 42.8 Å². The number of amides is 1. The number of pyridine rings is 1. The maximum absolute atomic E-state index is 12.6. The fraction of sp³-hybridized carbons (Fsp3) is 0.188. The molecule has 5 nitrogen and oxygen atoms in total. The first-order valence-electron chi connectivity index (χ1n) is 7.00. The molecule has 1 aliphatic rings. The van der Waals surface area contributed by atoms with Gasteiger partial charge < -0.3 is 5.32 Å². The summed E-state index contributed by atoms with van der Waals surface area (Å²) in [6.07, 6.45) is 2.10. The normalized spacial score (nSPS) is 17.3. The predicted molar refractivity (Wildman–Crippen MR) is 85.6 cm³/mol. The van der Waals surface area contributed by atoms with Gasteiger partial charge in [-0.2, -0.15) is 4.98 Å². The smallest absolute Gasteiger partial charge is 0.279 e. The molecule has 0 saturated carbocycles. The van der Waals surface area contributed by atoms with E-state index >= 15 is 0 Å². The number of aromatic nitrogens is 2. The minimum absolute atomic E-state index is 0.0770. The van der Waals surface area contributed by atoms with Gasteiger partial charge >= 0.3 is 0 Å². The first-order valence-corrected chi connectivity index (χ1v) is 7.88. The average molecular weight is 311 g/mol. The summed E-state index contributed by atoms with van der Waals surface area (Å²) >= 11 is 1.56. The van der Waals surface area contributed by atoms with Crippen molar-refractivity contribution >= 4 is 28.7 Å². The number of hydrogen-bond donors (Lipinski definition) is 1. The zero-order valence-corrected chi connectivity index (χ0v) is 12.7. The molecular formula is C16H13N3O2S. The number of thiophene rings is 1. The van der Waals surface area contributed by atoms with Gasteiger partial charge in [-0.25, -0.2) is 0 Å². The van der Waals surface area contributed by atoms with Crippen molar-refractivity contribution in [3.8, 4) is 0 Å². The summed E-state index contributed by atoms with van der Waals surface area (Å²) < 4.78 is 1.80. The molecule has 0 bridgehead atoms. The van der Waals surface area contributed by atoms with E-state index < -0.39 is 0 Å². The van der Waals surface area contributed by atoms with Crippen LogP contribution in [0.3, 0.4) is 0 Å². The summed E-state index contributed by atoms with van der Waals surface area (Å²) in [4.78, 5) is 30.0. The van der Waals surface area contributed by atoms with Crippen LogP contribution >= 0.6 is 11.3 Å². The van der Waals surface area contributed by atoms with Crippen LogP contribution < -0.4 is 10.9 Å². The summed E-state index contributed by atoms with van der Waals surface area (Å²) in [5.74, 6) is 0.251. The minimum atomic E-state index is -0.261. The minimum Gasteiger partial charge on any atom is -0.311 e. The highest BCUT2D eigenvalue weighted by Crippen LogP contribution is 2.36. The lowest BCUT2D eigenvalue weighted by Gasteiger charge is -2.25. The summed E-state index contributed by atoms with van der Waals surface area (Å²) in [7, 11) is 0. The molecule has 4 rings (SSSR count). The highest BCUT2D eigenvalue weighted by molar-refractivity contribution is 7.10. The Morgan fingerprint density at radius 3 is 2.95 bits per heavy atom. The molecule has 1 atom stereocenters. The molecule has 3 aromatic heterocycles. The summed E-state index contributed by atoms with van der Waals surface area (Å²) in [5.41, 5.74) is 1.79. The Balaban J connectivity index is 2.07. The van der Waals surface area contributed by atoms with Crippen LogP contribution in [0.15, 0.2) is 40.6 Å². The van der Waals surface area contributed by atoms with Gasteiger partial charge in [0, 0.05) is 23.4 Å². The molecule has 1 amide bonds. The molecule has 0 radical (unpaired) electrons. The third-order valence-corrected chi connectivity index (χ3v) is 4.96. The number of carbonyl (C=O) groups excluding carboxylic acids is 1. The van der Waals surface area contributed by atoms with Gasteiger partial charge in [0.2, 0.25) is 5.91 Å². The largest absolute Gasteiger partial charge is 0.311 e. The zero-order valence-electron chi connectivity index (χ0n) is 11.9. The van der Waals surface area contributed by atoms with Crippen molar-refractivity contribution in [3.05, 3.63) is 62.2 Å². The topological polar surface area (TPSA) is 63.5 Å². The van der Waals surface area contributed by atoms with Crippen molar-refractivity contribution in [1.82, 2.24) is 9.38 Å². The molecule has 0 fully saturated rings. The van der Waals surface area contributed by atoms with E-state index in [4.69, 9.17) is 0 Å². The molecule has 1 aliphatic heterocycles. The lowest BCUT2D eigenvalue weighted by atomic mass is 9.92. The van der Waals surface area contributed by atoms with Gasteiger partial charge in [-0.1, -0.05) is 12.1 Å². The van der Waals surface area contributed by atoms with Crippen molar-refractivity contribution in [2.45, 2.75) is 19.3 Å². The summed E-state index contributed by atoms with van der Waals surface area (Å²) in [5, 5.41) is 4.81. The molecule has 0 aliphatic carbocycles. The Kier molecular flexibility index (Phi) is 2.87. The molecular weight excluding hydrogens is 298 g/mol. The van der Waals surface area contributed by atoms with E-state index in [2.05, 4.69) is 10.3 Å². The third-order valence-electron chi connectivity index (χ3n) is 3.98. The highest BCUT2D eigenvalue weighted by Gasteiger charge is 2.32. The number of rotatable bonds is 1. The maximum Gasteiger partial charge on any atom is 0.279 e. The number of carbonyl (C=O) groups is 1. The fourth-order valence-corrected chi connectivity index (χ4v) is 3.80. The van der Waals surface area contributed by atoms with Gasteiger partial charge in [0.15, 0.2) is 0 Å². The van der Waals surface area contributed by atoms with E-state index in [0.29, 0.717) is 17.0 Å². The lowest BCUT2D eigenvalue weighted by molar-refractivity contribution is -0.116. The van der Waals surface area contributed by atoms with Crippen molar-refractivity contribution in [2.24, 2.45) is 0 Å². The van der Waals surface area contributed by atoms with Crippen LogP contribution in [-0.2, 0) is 4.79 Å². The second kappa shape index (κ2) is 4.78. The SMILES string of the molecule is Cc1cccn2c3c(c(=O)nc12)C(c1cccs1)CC(=O)N3. The van der Waals surface area contributed by atoms with Crippen molar-refractivity contribution in [1.29, 1.82) is 0 Å². The van der Waals surface area contributed by atoms with Gasteiger partial charge in [0.1, 0.15) is 11.5 Å². The van der Waals surface area contributed by atoms with Crippen molar-refractivity contribution in [3.63, 3.8) is 0 Å². The van der Waals surface area contributed by atoms with E-state index in [0.717, 1.165) is 10.4 Å². The summed E-state index contributed by atoms with van der Waals surface area (Å²) in [6, 6.07) is 7.68. The monoisotopic (exact) mass is 311 g/mol. The number of hydrogen-bond acceptors (Lipinski definition) is 4. The van der Waals surface area contributed by atoms with Crippen LogP contribution in [-0.4, -0.2) is 15.3 Å². The third kappa shape index (κ3) is 1.88. The predicted octanol–water partition coefficient (Wildman–Crippen LogP) is 2.54. The molecule has 0 aromatic carbocycles. The van der Waals surface area contributed by atoms with E-state index in [1.165, 1.54) is 0 Å². The fourth-order valence-electron chi connectivity index (χ4n) is 2.96. The van der Waals surface area contributed by atoms with Crippen molar-refractivity contribution < 1.29 is 4.79 Å².